The quantitative estimate of drug-likeness (QED) is 0.437. The first-order chi connectivity index (χ1) is 7.10. The number of hydrogen-bond donors (Lipinski definition) is 0. The van der Waals surface area contributed by atoms with Gasteiger partial charge in [-0.25, -0.2) is 0 Å². The molecule has 96 valence electrons. The second kappa shape index (κ2) is 6.18. The predicted octanol–water partition coefficient (Wildman–Crippen LogP) is 3.70. The lowest BCUT2D eigenvalue weighted by molar-refractivity contribution is -0.109. The van der Waals surface area contributed by atoms with Gasteiger partial charge in [-0.15, -0.1) is 0 Å². The van der Waals surface area contributed by atoms with Crippen molar-refractivity contribution in [3.63, 3.8) is 0 Å². The maximum Gasteiger partial charge on any atom is 0.415 e. The summed E-state index contributed by atoms with van der Waals surface area (Å²) in [6.45, 7) is 4.87. The van der Waals surface area contributed by atoms with Crippen LogP contribution >= 0.6 is 15.9 Å². The first-order valence-corrected chi connectivity index (χ1v) is 8.93. The number of alkyl halides is 3. The van der Waals surface area contributed by atoms with Crippen LogP contribution in [0.1, 0.15) is 0 Å². The topological polar surface area (TPSA) is 18.5 Å². The third-order valence-electron chi connectivity index (χ3n) is 1.71. The molecule has 0 bridgehead atoms. The lowest BCUT2D eigenvalue weighted by atomic mass is 10.3. The molecule has 0 saturated heterocycles. The van der Waals surface area contributed by atoms with Crippen molar-refractivity contribution in [3.8, 4) is 0 Å². The van der Waals surface area contributed by atoms with Gasteiger partial charge in [-0.05, 0) is 4.11 Å². The zero-order valence-corrected chi connectivity index (χ0v) is 12.3. The average molecular weight is 321 g/mol. The monoisotopic (exact) mass is 320 g/mol. The minimum absolute atomic E-state index is 0.147. The summed E-state index contributed by atoms with van der Waals surface area (Å²) in [5, 5.41) is 0. The van der Waals surface area contributed by atoms with Crippen molar-refractivity contribution >= 4 is 24.0 Å². The zero-order chi connectivity index (χ0) is 13.0. The van der Waals surface area contributed by atoms with Gasteiger partial charge >= 0.3 is 6.18 Å². The fraction of sp³-hybridized carbons (Fsp3) is 0.778. The van der Waals surface area contributed by atoms with E-state index >= 15 is 0 Å². The Kier molecular flexibility index (Phi) is 6.24. The van der Waals surface area contributed by atoms with Crippen LogP contribution in [-0.2, 0) is 9.47 Å². The highest BCUT2D eigenvalue weighted by Crippen LogP contribution is 2.35. The van der Waals surface area contributed by atoms with Crippen molar-refractivity contribution in [3.05, 3.63) is 9.68 Å². The number of halogens is 4. The Labute approximate surface area is 103 Å². The van der Waals surface area contributed by atoms with Gasteiger partial charge in [0.15, 0.2) is 0 Å². The third kappa shape index (κ3) is 5.47. The maximum atomic E-state index is 12.7. The van der Waals surface area contributed by atoms with E-state index in [1.807, 2.05) is 19.6 Å². The fourth-order valence-electron chi connectivity index (χ4n) is 0.949. The van der Waals surface area contributed by atoms with Gasteiger partial charge in [0.1, 0.15) is 6.79 Å². The lowest BCUT2D eigenvalue weighted by Crippen LogP contribution is -2.28. The van der Waals surface area contributed by atoms with Gasteiger partial charge in [0.25, 0.3) is 0 Å². The van der Waals surface area contributed by atoms with E-state index in [1.165, 1.54) is 7.11 Å². The molecule has 0 amide bonds. The van der Waals surface area contributed by atoms with Crippen LogP contribution in [0.3, 0.4) is 0 Å². The molecule has 0 rings (SSSR count). The van der Waals surface area contributed by atoms with Crippen LogP contribution in [-0.4, -0.2) is 34.8 Å². The highest BCUT2D eigenvalue weighted by Gasteiger charge is 2.38. The van der Waals surface area contributed by atoms with E-state index in [0.29, 0.717) is 0 Å². The first kappa shape index (κ1) is 16.1. The van der Waals surface area contributed by atoms with Gasteiger partial charge < -0.3 is 9.47 Å². The second-order valence-electron chi connectivity index (χ2n) is 4.30. The van der Waals surface area contributed by atoms with Crippen LogP contribution in [0.15, 0.2) is 9.68 Å². The smallest absolute Gasteiger partial charge is 0.359 e. The van der Waals surface area contributed by atoms with Crippen molar-refractivity contribution in [2.45, 2.75) is 25.8 Å². The summed E-state index contributed by atoms with van der Waals surface area (Å²) in [6, 6.07) is 0. The minimum Gasteiger partial charge on any atom is -0.359 e. The average Bonchev–Trinajstić information content (AvgIpc) is 2.08. The molecule has 0 unspecified atom stereocenters. The third-order valence-corrected chi connectivity index (χ3v) is 7.38. The van der Waals surface area contributed by atoms with Gasteiger partial charge in [0.2, 0.25) is 0 Å². The molecule has 0 fully saturated rings. The summed E-state index contributed by atoms with van der Waals surface area (Å²) in [6.07, 6.45) is -4.37. The second-order valence-corrected chi connectivity index (χ2v) is 10.8. The van der Waals surface area contributed by atoms with Crippen LogP contribution in [0.25, 0.3) is 0 Å². The number of hydrogen-bond acceptors (Lipinski definition) is 2. The van der Waals surface area contributed by atoms with E-state index in [4.69, 9.17) is 4.74 Å². The van der Waals surface area contributed by atoms with Crippen molar-refractivity contribution in [1.82, 2.24) is 0 Å². The molecule has 0 saturated carbocycles. The molecule has 0 aliphatic heterocycles. The van der Waals surface area contributed by atoms with Crippen molar-refractivity contribution in [2.75, 3.05) is 20.5 Å². The highest BCUT2D eigenvalue weighted by molar-refractivity contribution is 9.12. The molecule has 0 spiro atoms. The molecular weight excluding hydrogens is 305 g/mol. The molecule has 0 aliphatic rings. The molecule has 0 aromatic heterocycles. The zero-order valence-electron chi connectivity index (χ0n) is 9.74. The van der Waals surface area contributed by atoms with Crippen LogP contribution in [0.2, 0.25) is 19.6 Å². The van der Waals surface area contributed by atoms with Gasteiger partial charge in [-0.2, -0.15) is 13.2 Å². The summed E-state index contributed by atoms with van der Waals surface area (Å²) >= 11 is 3.05. The highest BCUT2D eigenvalue weighted by atomic mass is 79.9. The molecule has 0 N–H and O–H groups in total. The molecule has 0 radical (unpaired) electrons. The number of ether oxygens (including phenoxy) is 2. The van der Waals surface area contributed by atoms with Crippen molar-refractivity contribution in [1.29, 1.82) is 0 Å². The van der Waals surface area contributed by atoms with Crippen molar-refractivity contribution < 1.29 is 22.6 Å². The van der Waals surface area contributed by atoms with Gasteiger partial charge in [0.05, 0.1) is 20.3 Å². The Bertz CT molecular complexity index is 258. The summed E-state index contributed by atoms with van der Waals surface area (Å²) < 4.78 is 47.8. The van der Waals surface area contributed by atoms with E-state index in [1.54, 1.807) is 0 Å². The van der Waals surface area contributed by atoms with E-state index in [2.05, 4.69) is 20.7 Å². The molecule has 2 nitrogen and oxygen atoms in total. The largest absolute Gasteiger partial charge is 0.415 e. The van der Waals surface area contributed by atoms with Crippen LogP contribution in [0.5, 0.6) is 0 Å². The summed E-state index contributed by atoms with van der Waals surface area (Å²) in [5.74, 6) is 0. The van der Waals surface area contributed by atoms with Crippen LogP contribution in [0, 0.1) is 0 Å². The Morgan fingerprint density at radius 1 is 1.25 bits per heavy atom. The van der Waals surface area contributed by atoms with E-state index < -0.39 is 26.4 Å². The van der Waals surface area contributed by atoms with E-state index in [9.17, 15) is 13.2 Å². The minimum atomic E-state index is -4.37. The molecule has 16 heavy (non-hydrogen) atoms. The summed E-state index contributed by atoms with van der Waals surface area (Å²) in [7, 11) is -0.673. The van der Waals surface area contributed by atoms with Gasteiger partial charge in [-0.1, -0.05) is 35.6 Å². The summed E-state index contributed by atoms with van der Waals surface area (Å²) in [5.41, 5.74) is -0.649. The molecule has 0 aliphatic carbocycles. The van der Waals surface area contributed by atoms with Crippen LogP contribution < -0.4 is 0 Å². The predicted molar refractivity (Wildman–Crippen MR) is 63.2 cm³/mol. The Morgan fingerprint density at radius 3 is 2.06 bits per heavy atom. The lowest BCUT2D eigenvalue weighted by Gasteiger charge is -2.22. The Balaban J connectivity index is 4.95. The Hall–Kier alpha value is 0.147. The summed E-state index contributed by atoms with van der Waals surface area (Å²) in [4.78, 5) is 0. The van der Waals surface area contributed by atoms with E-state index in [-0.39, 0.29) is 10.9 Å². The molecule has 7 heteroatoms. The standard InChI is InChI=1S/C9H16BrF3O2Si/c1-14-6-15-5-7(9(11,12)13)8(10)16(2,3)4/h5-6H2,1-4H3/b8-7-. The van der Waals surface area contributed by atoms with Crippen molar-refractivity contribution in [2.24, 2.45) is 0 Å². The van der Waals surface area contributed by atoms with Gasteiger partial charge in [-0.3, -0.25) is 0 Å². The SMILES string of the molecule is COCOC/C(=C(\Br)[Si](C)(C)C)C(F)(F)F. The fourth-order valence-corrected chi connectivity index (χ4v) is 2.41. The number of rotatable bonds is 5. The van der Waals surface area contributed by atoms with Crippen LogP contribution in [0.4, 0.5) is 13.2 Å². The Morgan fingerprint density at radius 2 is 1.75 bits per heavy atom. The molecule has 0 atom stereocenters. The molecule has 0 heterocycles. The molecule has 0 aromatic carbocycles. The van der Waals surface area contributed by atoms with Gasteiger partial charge in [0, 0.05) is 7.11 Å². The molecular formula is C9H16BrF3O2Si. The molecule has 0 aromatic rings. The normalized spacial score (nSPS) is 15.0. The first-order valence-electron chi connectivity index (χ1n) is 4.63. The number of methoxy groups -OCH3 is 1. The van der Waals surface area contributed by atoms with E-state index in [0.717, 1.165) is 0 Å². The maximum absolute atomic E-state index is 12.7.